The first kappa shape index (κ1) is 13.6. The van der Waals surface area contributed by atoms with E-state index in [-0.39, 0.29) is 0 Å². The molecule has 0 spiro atoms. The topological polar surface area (TPSA) is 38.1 Å². The zero-order valence-electron chi connectivity index (χ0n) is 12.7. The lowest BCUT2D eigenvalue weighted by Gasteiger charge is -2.25. The SMILES string of the molecule is Cc1cc(CNCC2CCC2)cc2nc(C(C)C)oc12. The van der Waals surface area contributed by atoms with Crippen LogP contribution in [0.5, 0.6) is 0 Å². The number of oxazole rings is 1. The minimum Gasteiger partial charge on any atom is -0.440 e. The molecule has 0 amide bonds. The highest BCUT2D eigenvalue weighted by atomic mass is 16.3. The predicted molar refractivity (Wildman–Crippen MR) is 81.9 cm³/mol. The van der Waals surface area contributed by atoms with E-state index in [0.29, 0.717) is 5.92 Å². The van der Waals surface area contributed by atoms with Crippen LogP contribution in [-0.2, 0) is 6.54 Å². The van der Waals surface area contributed by atoms with Gasteiger partial charge in [0.05, 0.1) is 0 Å². The fourth-order valence-electron chi connectivity index (χ4n) is 2.76. The second kappa shape index (κ2) is 5.57. The summed E-state index contributed by atoms with van der Waals surface area (Å²) in [5.74, 6) is 2.07. The summed E-state index contributed by atoms with van der Waals surface area (Å²) in [6, 6.07) is 4.37. The van der Waals surface area contributed by atoms with Crippen LogP contribution in [0.4, 0.5) is 0 Å². The second-order valence-electron chi connectivity index (χ2n) is 6.40. The molecule has 20 heavy (non-hydrogen) atoms. The van der Waals surface area contributed by atoms with E-state index in [9.17, 15) is 0 Å². The van der Waals surface area contributed by atoms with E-state index in [2.05, 4.69) is 43.2 Å². The van der Waals surface area contributed by atoms with E-state index >= 15 is 0 Å². The molecule has 0 unspecified atom stereocenters. The van der Waals surface area contributed by atoms with Gasteiger partial charge in [-0.05, 0) is 49.4 Å². The van der Waals surface area contributed by atoms with Crippen molar-refractivity contribution in [1.82, 2.24) is 10.3 Å². The molecule has 0 aliphatic heterocycles. The highest BCUT2D eigenvalue weighted by Crippen LogP contribution is 2.26. The third-order valence-electron chi connectivity index (χ3n) is 4.23. The number of aryl methyl sites for hydroxylation is 1. The molecule has 0 saturated heterocycles. The Morgan fingerprint density at radius 2 is 2.15 bits per heavy atom. The zero-order chi connectivity index (χ0) is 14.1. The van der Waals surface area contributed by atoms with Gasteiger partial charge in [0.1, 0.15) is 5.52 Å². The van der Waals surface area contributed by atoms with Gasteiger partial charge < -0.3 is 9.73 Å². The van der Waals surface area contributed by atoms with E-state index in [0.717, 1.165) is 36.0 Å². The summed E-state index contributed by atoms with van der Waals surface area (Å²) in [6.07, 6.45) is 4.20. The molecule has 1 heterocycles. The van der Waals surface area contributed by atoms with Crippen molar-refractivity contribution in [1.29, 1.82) is 0 Å². The molecule has 1 aliphatic carbocycles. The second-order valence-corrected chi connectivity index (χ2v) is 6.40. The molecule has 1 saturated carbocycles. The van der Waals surface area contributed by atoms with Crippen molar-refractivity contribution in [3.63, 3.8) is 0 Å². The number of fused-ring (bicyclic) bond motifs is 1. The molecule has 0 atom stereocenters. The number of hydrogen-bond acceptors (Lipinski definition) is 3. The van der Waals surface area contributed by atoms with Gasteiger partial charge >= 0.3 is 0 Å². The van der Waals surface area contributed by atoms with Crippen LogP contribution >= 0.6 is 0 Å². The Balaban J connectivity index is 1.74. The Morgan fingerprint density at radius 1 is 1.35 bits per heavy atom. The highest BCUT2D eigenvalue weighted by Gasteiger charge is 2.16. The van der Waals surface area contributed by atoms with Crippen LogP contribution in [0.15, 0.2) is 16.5 Å². The predicted octanol–water partition coefficient (Wildman–Crippen LogP) is 4.15. The van der Waals surface area contributed by atoms with Crippen molar-refractivity contribution in [3.8, 4) is 0 Å². The molecule has 3 rings (SSSR count). The summed E-state index contributed by atoms with van der Waals surface area (Å²) >= 11 is 0. The van der Waals surface area contributed by atoms with Crippen molar-refractivity contribution in [2.75, 3.05) is 6.54 Å². The van der Waals surface area contributed by atoms with Crippen LogP contribution in [0.2, 0.25) is 0 Å². The maximum Gasteiger partial charge on any atom is 0.198 e. The molecule has 108 valence electrons. The number of hydrogen-bond donors (Lipinski definition) is 1. The van der Waals surface area contributed by atoms with Gasteiger partial charge in [0, 0.05) is 12.5 Å². The molecule has 1 aliphatic rings. The zero-order valence-corrected chi connectivity index (χ0v) is 12.7. The van der Waals surface area contributed by atoms with Gasteiger partial charge in [-0.25, -0.2) is 4.98 Å². The van der Waals surface area contributed by atoms with E-state index in [1.165, 1.54) is 30.4 Å². The summed E-state index contributed by atoms with van der Waals surface area (Å²) in [5, 5.41) is 3.57. The number of nitrogens with zero attached hydrogens (tertiary/aromatic N) is 1. The summed E-state index contributed by atoms with van der Waals surface area (Å²) in [5.41, 5.74) is 4.42. The van der Waals surface area contributed by atoms with Gasteiger partial charge in [-0.2, -0.15) is 0 Å². The van der Waals surface area contributed by atoms with Gasteiger partial charge in [0.15, 0.2) is 11.5 Å². The summed E-state index contributed by atoms with van der Waals surface area (Å²) in [6.45, 7) is 8.40. The third-order valence-corrected chi connectivity index (χ3v) is 4.23. The molecule has 3 heteroatoms. The van der Waals surface area contributed by atoms with Crippen LogP contribution in [-0.4, -0.2) is 11.5 Å². The lowest BCUT2D eigenvalue weighted by atomic mass is 9.85. The van der Waals surface area contributed by atoms with E-state index in [4.69, 9.17) is 4.42 Å². The van der Waals surface area contributed by atoms with Crippen LogP contribution < -0.4 is 5.32 Å². The van der Waals surface area contributed by atoms with Crippen molar-refractivity contribution in [2.45, 2.75) is 52.5 Å². The number of nitrogens with one attached hydrogen (secondary N) is 1. The minimum atomic E-state index is 0.335. The lowest BCUT2D eigenvalue weighted by Crippen LogP contribution is -2.26. The van der Waals surface area contributed by atoms with E-state index in [1.807, 2.05) is 0 Å². The van der Waals surface area contributed by atoms with E-state index < -0.39 is 0 Å². The first-order valence-corrected chi connectivity index (χ1v) is 7.74. The molecule has 3 nitrogen and oxygen atoms in total. The van der Waals surface area contributed by atoms with Crippen LogP contribution in [0.3, 0.4) is 0 Å². The van der Waals surface area contributed by atoms with E-state index in [1.54, 1.807) is 0 Å². The van der Waals surface area contributed by atoms with Gasteiger partial charge in [0.2, 0.25) is 0 Å². The number of rotatable bonds is 5. The van der Waals surface area contributed by atoms with Gasteiger partial charge in [-0.3, -0.25) is 0 Å². The number of aromatic nitrogens is 1. The summed E-state index contributed by atoms with van der Waals surface area (Å²) < 4.78 is 5.85. The normalized spacial score (nSPS) is 16.0. The number of benzene rings is 1. The molecular formula is C17H24N2O. The molecular weight excluding hydrogens is 248 g/mol. The Labute approximate surface area is 120 Å². The van der Waals surface area contributed by atoms with Crippen LogP contribution in [0.25, 0.3) is 11.1 Å². The fourth-order valence-corrected chi connectivity index (χ4v) is 2.76. The Kier molecular flexibility index (Phi) is 3.79. The molecule has 1 aromatic carbocycles. The van der Waals surface area contributed by atoms with Crippen molar-refractivity contribution < 1.29 is 4.42 Å². The first-order chi connectivity index (χ1) is 9.63. The highest BCUT2D eigenvalue weighted by molar-refractivity contribution is 5.77. The molecule has 0 radical (unpaired) electrons. The lowest BCUT2D eigenvalue weighted by molar-refractivity contribution is 0.301. The van der Waals surface area contributed by atoms with Crippen LogP contribution in [0, 0.1) is 12.8 Å². The molecule has 0 bridgehead atoms. The first-order valence-electron chi connectivity index (χ1n) is 7.74. The third kappa shape index (κ3) is 2.73. The average Bonchev–Trinajstić information content (AvgIpc) is 2.77. The monoisotopic (exact) mass is 272 g/mol. The Hall–Kier alpha value is -1.35. The maximum atomic E-state index is 5.85. The molecule has 1 aromatic heterocycles. The Bertz CT molecular complexity index is 596. The van der Waals surface area contributed by atoms with Crippen LogP contribution in [0.1, 0.15) is 56.0 Å². The smallest absolute Gasteiger partial charge is 0.198 e. The summed E-state index contributed by atoms with van der Waals surface area (Å²) in [7, 11) is 0. The molecule has 1 N–H and O–H groups in total. The Morgan fingerprint density at radius 3 is 2.80 bits per heavy atom. The van der Waals surface area contributed by atoms with Crippen molar-refractivity contribution >= 4 is 11.1 Å². The van der Waals surface area contributed by atoms with Gasteiger partial charge in [-0.1, -0.05) is 26.3 Å². The molecule has 2 aromatic rings. The molecule has 1 fully saturated rings. The maximum absolute atomic E-state index is 5.85. The van der Waals surface area contributed by atoms with Gasteiger partial charge in [0.25, 0.3) is 0 Å². The average molecular weight is 272 g/mol. The standard InChI is InChI=1S/C17H24N2O/c1-11(2)17-19-15-8-14(7-12(3)16(15)20-17)10-18-9-13-5-4-6-13/h7-8,11,13,18H,4-6,9-10H2,1-3H3. The van der Waals surface area contributed by atoms with Gasteiger partial charge in [-0.15, -0.1) is 0 Å². The minimum absolute atomic E-state index is 0.335. The fraction of sp³-hybridized carbons (Fsp3) is 0.588. The quantitative estimate of drug-likeness (QED) is 0.888. The largest absolute Gasteiger partial charge is 0.440 e. The van der Waals surface area contributed by atoms with Crippen molar-refractivity contribution in [2.24, 2.45) is 5.92 Å². The summed E-state index contributed by atoms with van der Waals surface area (Å²) in [4.78, 5) is 4.61. The van der Waals surface area contributed by atoms with Crippen molar-refractivity contribution in [3.05, 3.63) is 29.2 Å².